The molecule has 1 aromatic heterocycles. The number of benzene rings is 2. The molecule has 0 aliphatic carbocycles. The van der Waals surface area contributed by atoms with Crippen molar-refractivity contribution in [1.29, 1.82) is 0 Å². The zero-order chi connectivity index (χ0) is 24.0. The Kier molecular flexibility index (Phi) is 9.03. The van der Waals surface area contributed by atoms with Crippen molar-refractivity contribution in [2.45, 2.75) is 57.9 Å². The highest BCUT2D eigenvalue weighted by Crippen LogP contribution is 2.23. The number of carbonyl (C=O) groups is 1. The smallest absolute Gasteiger partial charge is 0.279 e. The Bertz CT molecular complexity index is 1270. The summed E-state index contributed by atoms with van der Waals surface area (Å²) in [6.07, 6.45) is 3.50. The number of hydrogen-bond acceptors (Lipinski definition) is 4. The second-order valence-electron chi connectivity index (χ2n) is 7.79. The Labute approximate surface area is 208 Å². The van der Waals surface area contributed by atoms with Crippen LogP contribution in [0.2, 0.25) is 0 Å². The SMILES string of the molecule is CCCCN(CCCC)S(=O)(=O)c1ccc(C(=O)N=c2sc3cc(Br)ccc3n2CC)cc1. The number of carbonyl (C=O) groups excluding carboxylic acids is 1. The summed E-state index contributed by atoms with van der Waals surface area (Å²) in [5.41, 5.74) is 1.39. The first-order valence-corrected chi connectivity index (χ1v) is 14.3. The summed E-state index contributed by atoms with van der Waals surface area (Å²) in [5, 5.41) is 0. The highest BCUT2D eigenvalue weighted by Gasteiger charge is 2.23. The van der Waals surface area contributed by atoms with Crippen molar-refractivity contribution < 1.29 is 13.2 Å². The second kappa shape index (κ2) is 11.6. The molecule has 6 nitrogen and oxygen atoms in total. The predicted octanol–water partition coefficient (Wildman–Crippen LogP) is 5.82. The van der Waals surface area contributed by atoms with Gasteiger partial charge >= 0.3 is 0 Å². The fraction of sp³-hybridized carbons (Fsp3) is 0.417. The Balaban J connectivity index is 1.89. The van der Waals surface area contributed by atoms with Gasteiger partial charge in [0.05, 0.1) is 15.1 Å². The van der Waals surface area contributed by atoms with Crippen LogP contribution in [0, 0.1) is 0 Å². The molecule has 0 aliphatic rings. The first-order valence-electron chi connectivity index (χ1n) is 11.3. The Morgan fingerprint density at radius 3 is 2.24 bits per heavy atom. The monoisotopic (exact) mass is 551 g/mol. The molecule has 0 unspecified atom stereocenters. The lowest BCUT2D eigenvalue weighted by molar-refractivity contribution is 0.0997. The molecule has 0 N–H and O–H groups in total. The van der Waals surface area contributed by atoms with Gasteiger partial charge in [0.2, 0.25) is 10.0 Å². The number of rotatable bonds is 10. The third-order valence-corrected chi connectivity index (χ3v) is 8.87. The number of sulfonamides is 1. The van der Waals surface area contributed by atoms with Crippen molar-refractivity contribution in [3.05, 3.63) is 57.3 Å². The number of aryl methyl sites for hydroxylation is 1. The van der Waals surface area contributed by atoms with Gasteiger partial charge in [0.15, 0.2) is 4.80 Å². The maximum atomic E-state index is 13.1. The van der Waals surface area contributed by atoms with Crippen LogP contribution < -0.4 is 4.80 Å². The number of halogens is 1. The standard InChI is InChI=1S/C24H30BrN3O3S2/c1-4-7-15-27(16-8-5-2)33(30,31)20-12-9-18(10-13-20)23(29)26-24-28(6-3)21-14-11-19(25)17-22(21)32-24/h9-14,17H,4-8,15-16H2,1-3H3. The van der Waals surface area contributed by atoms with Crippen molar-refractivity contribution >= 4 is 53.4 Å². The minimum absolute atomic E-state index is 0.210. The molecular formula is C24H30BrN3O3S2. The van der Waals surface area contributed by atoms with Crippen LogP contribution in [-0.4, -0.2) is 36.3 Å². The van der Waals surface area contributed by atoms with Gasteiger partial charge in [-0.3, -0.25) is 4.79 Å². The zero-order valence-corrected chi connectivity index (χ0v) is 22.5. The van der Waals surface area contributed by atoms with Crippen molar-refractivity contribution in [3.63, 3.8) is 0 Å². The molecule has 0 fully saturated rings. The summed E-state index contributed by atoms with van der Waals surface area (Å²) in [7, 11) is -3.59. The van der Waals surface area contributed by atoms with E-state index in [4.69, 9.17) is 0 Å². The third kappa shape index (κ3) is 6.01. The van der Waals surface area contributed by atoms with E-state index in [0.717, 1.165) is 40.4 Å². The van der Waals surface area contributed by atoms with Crippen LogP contribution >= 0.6 is 27.3 Å². The molecule has 0 bridgehead atoms. The first-order chi connectivity index (χ1) is 15.8. The lowest BCUT2D eigenvalue weighted by atomic mass is 10.2. The number of fused-ring (bicyclic) bond motifs is 1. The van der Waals surface area contributed by atoms with Crippen molar-refractivity contribution in [2.75, 3.05) is 13.1 Å². The lowest BCUT2D eigenvalue weighted by Gasteiger charge is -2.22. The molecule has 33 heavy (non-hydrogen) atoms. The van der Waals surface area contributed by atoms with Crippen LogP contribution in [0.4, 0.5) is 0 Å². The molecule has 3 rings (SSSR count). The van der Waals surface area contributed by atoms with Crippen LogP contribution in [0.1, 0.15) is 56.8 Å². The van der Waals surface area contributed by atoms with Crippen molar-refractivity contribution in [3.8, 4) is 0 Å². The zero-order valence-electron chi connectivity index (χ0n) is 19.3. The van der Waals surface area contributed by atoms with Crippen LogP contribution in [0.3, 0.4) is 0 Å². The van der Waals surface area contributed by atoms with Crippen LogP contribution in [0.25, 0.3) is 10.2 Å². The molecule has 3 aromatic rings. The Hall–Kier alpha value is -1.81. The van der Waals surface area contributed by atoms with Crippen LogP contribution in [0.15, 0.2) is 56.8 Å². The van der Waals surface area contributed by atoms with E-state index in [0.29, 0.717) is 30.0 Å². The fourth-order valence-electron chi connectivity index (χ4n) is 3.53. The molecule has 0 atom stereocenters. The summed E-state index contributed by atoms with van der Waals surface area (Å²) in [6, 6.07) is 12.1. The van der Waals surface area contributed by atoms with Crippen LogP contribution in [-0.2, 0) is 16.6 Å². The molecule has 0 saturated carbocycles. The Morgan fingerprint density at radius 2 is 1.67 bits per heavy atom. The highest BCUT2D eigenvalue weighted by atomic mass is 79.9. The molecule has 0 saturated heterocycles. The van der Waals surface area contributed by atoms with Gasteiger partial charge in [-0.2, -0.15) is 9.30 Å². The minimum Gasteiger partial charge on any atom is -0.317 e. The third-order valence-electron chi connectivity index (χ3n) is 5.42. The largest absolute Gasteiger partial charge is 0.317 e. The number of unbranched alkanes of at least 4 members (excludes halogenated alkanes) is 2. The maximum absolute atomic E-state index is 13.1. The quantitative estimate of drug-likeness (QED) is 0.318. The molecule has 0 aliphatic heterocycles. The van der Waals surface area contributed by atoms with Crippen molar-refractivity contribution in [2.24, 2.45) is 4.99 Å². The fourth-order valence-corrected chi connectivity index (χ4v) is 6.69. The average Bonchev–Trinajstić information content (AvgIpc) is 3.14. The molecule has 2 aromatic carbocycles. The van der Waals surface area contributed by atoms with Gasteiger partial charge in [0, 0.05) is 29.7 Å². The van der Waals surface area contributed by atoms with Gasteiger partial charge < -0.3 is 4.57 Å². The number of hydrogen-bond donors (Lipinski definition) is 0. The molecule has 1 heterocycles. The van der Waals surface area contributed by atoms with E-state index in [-0.39, 0.29) is 10.8 Å². The number of nitrogens with zero attached hydrogens (tertiary/aromatic N) is 3. The second-order valence-corrected chi connectivity index (χ2v) is 11.7. The highest BCUT2D eigenvalue weighted by molar-refractivity contribution is 9.10. The van der Waals surface area contributed by atoms with Gasteiger partial charge in [0.25, 0.3) is 5.91 Å². The molecule has 0 radical (unpaired) electrons. The number of amides is 1. The summed E-state index contributed by atoms with van der Waals surface area (Å²) in [4.78, 5) is 18.0. The van der Waals surface area contributed by atoms with Gasteiger partial charge in [-0.25, -0.2) is 8.42 Å². The van der Waals surface area contributed by atoms with Gasteiger partial charge in [-0.05, 0) is 62.2 Å². The average molecular weight is 553 g/mol. The molecular weight excluding hydrogens is 522 g/mol. The number of aromatic nitrogens is 1. The molecule has 178 valence electrons. The van der Waals surface area contributed by atoms with Crippen LogP contribution in [0.5, 0.6) is 0 Å². The van der Waals surface area contributed by atoms with Gasteiger partial charge in [0.1, 0.15) is 0 Å². The van der Waals surface area contributed by atoms with Crippen molar-refractivity contribution in [1.82, 2.24) is 8.87 Å². The van der Waals surface area contributed by atoms with E-state index >= 15 is 0 Å². The summed E-state index contributed by atoms with van der Waals surface area (Å²) in [5.74, 6) is -0.388. The van der Waals surface area contributed by atoms with E-state index in [2.05, 4.69) is 20.9 Å². The van der Waals surface area contributed by atoms with Gasteiger partial charge in [-0.15, -0.1) is 0 Å². The topological polar surface area (TPSA) is 71.7 Å². The van der Waals surface area contributed by atoms with E-state index < -0.39 is 10.0 Å². The summed E-state index contributed by atoms with van der Waals surface area (Å²) < 4.78 is 31.8. The van der Waals surface area contributed by atoms with E-state index in [1.807, 2.05) is 43.5 Å². The minimum atomic E-state index is -3.59. The predicted molar refractivity (Wildman–Crippen MR) is 138 cm³/mol. The normalized spacial score (nSPS) is 12.7. The molecule has 9 heteroatoms. The summed E-state index contributed by atoms with van der Waals surface area (Å²) in [6.45, 7) is 7.82. The first kappa shape index (κ1) is 25.8. The lowest BCUT2D eigenvalue weighted by Crippen LogP contribution is -2.33. The van der Waals surface area contributed by atoms with E-state index in [1.165, 1.54) is 23.5 Å². The van der Waals surface area contributed by atoms with E-state index in [1.54, 1.807) is 16.4 Å². The summed E-state index contributed by atoms with van der Waals surface area (Å²) >= 11 is 4.94. The number of thiazole rings is 1. The maximum Gasteiger partial charge on any atom is 0.279 e. The molecule has 0 spiro atoms. The van der Waals surface area contributed by atoms with E-state index in [9.17, 15) is 13.2 Å². The Morgan fingerprint density at radius 1 is 1.03 bits per heavy atom. The molecule has 1 amide bonds. The van der Waals surface area contributed by atoms with Gasteiger partial charge in [-0.1, -0.05) is 54.0 Å².